The fourth-order valence-electron chi connectivity index (χ4n) is 2.09. The van der Waals surface area contributed by atoms with Crippen LogP contribution in [0.5, 0.6) is 0 Å². The molecular weight excluding hydrogens is 254 g/mol. The van der Waals surface area contributed by atoms with Gasteiger partial charge in [0.2, 0.25) is 0 Å². The minimum atomic E-state index is -0.907. The van der Waals surface area contributed by atoms with Gasteiger partial charge >= 0.3 is 5.97 Å². The molecule has 0 amide bonds. The molecule has 1 saturated heterocycles. The van der Waals surface area contributed by atoms with E-state index in [1.54, 1.807) is 24.3 Å². The molecular formula is C13H16ClNO3. The zero-order chi connectivity index (χ0) is 13.0. The van der Waals surface area contributed by atoms with Gasteiger partial charge in [0.25, 0.3) is 0 Å². The van der Waals surface area contributed by atoms with Gasteiger partial charge in [0.1, 0.15) is 6.04 Å². The molecule has 1 fully saturated rings. The molecule has 5 heteroatoms. The summed E-state index contributed by atoms with van der Waals surface area (Å²) in [6.07, 6.45) is 2.14. The summed E-state index contributed by atoms with van der Waals surface area (Å²) in [7, 11) is 0. The van der Waals surface area contributed by atoms with E-state index in [0.29, 0.717) is 17.1 Å². The van der Waals surface area contributed by atoms with Crippen molar-refractivity contribution in [2.24, 2.45) is 0 Å². The van der Waals surface area contributed by atoms with Crippen LogP contribution in [0.1, 0.15) is 24.4 Å². The maximum atomic E-state index is 11.3. The van der Waals surface area contributed by atoms with E-state index in [1.165, 1.54) is 0 Å². The summed E-state index contributed by atoms with van der Waals surface area (Å²) in [6, 6.07) is 6.16. The predicted molar refractivity (Wildman–Crippen MR) is 68.8 cm³/mol. The lowest BCUT2D eigenvalue weighted by molar-refractivity contribution is -0.139. The Morgan fingerprint density at radius 1 is 1.61 bits per heavy atom. The van der Waals surface area contributed by atoms with Crippen molar-refractivity contribution in [1.82, 2.24) is 5.32 Å². The van der Waals surface area contributed by atoms with E-state index >= 15 is 0 Å². The largest absolute Gasteiger partial charge is 0.480 e. The second-order valence-corrected chi connectivity index (χ2v) is 4.81. The lowest BCUT2D eigenvalue weighted by Crippen LogP contribution is -2.34. The van der Waals surface area contributed by atoms with E-state index in [0.717, 1.165) is 19.4 Å². The van der Waals surface area contributed by atoms with Gasteiger partial charge in [-0.2, -0.15) is 0 Å². The summed E-state index contributed by atoms with van der Waals surface area (Å²) in [5.41, 5.74) is 0.660. The van der Waals surface area contributed by atoms with Crippen molar-refractivity contribution in [3.63, 3.8) is 0 Å². The third-order valence-corrected chi connectivity index (χ3v) is 3.24. The van der Waals surface area contributed by atoms with E-state index in [2.05, 4.69) is 5.32 Å². The number of hydrogen-bond donors (Lipinski definition) is 2. The minimum Gasteiger partial charge on any atom is -0.480 e. The molecule has 2 rings (SSSR count). The van der Waals surface area contributed by atoms with Crippen molar-refractivity contribution >= 4 is 17.6 Å². The zero-order valence-corrected chi connectivity index (χ0v) is 10.7. The number of aliphatic carboxylic acids is 1. The molecule has 2 unspecified atom stereocenters. The number of nitrogens with one attached hydrogen (secondary N) is 1. The van der Waals surface area contributed by atoms with Crippen molar-refractivity contribution in [3.05, 3.63) is 34.9 Å². The molecule has 0 saturated carbocycles. The third-order valence-electron chi connectivity index (χ3n) is 3.00. The summed E-state index contributed by atoms with van der Waals surface area (Å²) in [6.45, 7) is 1.31. The normalized spacial score (nSPS) is 20.8. The highest BCUT2D eigenvalue weighted by Gasteiger charge is 2.22. The summed E-state index contributed by atoms with van der Waals surface area (Å²) in [4.78, 5) is 11.3. The van der Waals surface area contributed by atoms with Crippen LogP contribution >= 0.6 is 11.6 Å². The van der Waals surface area contributed by atoms with E-state index in [9.17, 15) is 9.90 Å². The fraction of sp³-hybridized carbons (Fsp3) is 0.462. The van der Waals surface area contributed by atoms with Crippen LogP contribution < -0.4 is 5.32 Å². The highest BCUT2D eigenvalue weighted by Crippen LogP contribution is 2.19. The van der Waals surface area contributed by atoms with Crippen LogP contribution in [-0.4, -0.2) is 30.3 Å². The first-order valence-electron chi connectivity index (χ1n) is 6.00. The molecule has 1 heterocycles. The number of hydrogen-bond acceptors (Lipinski definition) is 3. The summed E-state index contributed by atoms with van der Waals surface area (Å²) >= 11 is 5.88. The van der Waals surface area contributed by atoms with Crippen molar-refractivity contribution in [1.29, 1.82) is 0 Å². The monoisotopic (exact) mass is 269 g/mol. The van der Waals surface area contributed by atoms with Gasteiger partial charge in [0, 0.05) is 18.2 Å². The third kappa shape index (κ3) is 3.45. The Bertz CT molecular complexity index is 418. The van der Waals surface area contributed by atoms with Gasteiger partial charge in [-0.1, -0.05) is 23.7 Å². The van der Waals surface area contributed by atoms with Crippen molar-refractivity contribution in [3.8, 4) is 0 Å². The van der Waals surface area contributed by atoms with Gasteiger partial charge in [-0.05, 0) is 30.5 Å². The molecule has 2 N–H and O–H groups in total. The quantitative estimate of drug-likeness (QED) is 0.861. The minimum absolute atomic E-state index is 0.117. The molecule has 18 heavy (non-hydrogen) atoms. The van der Waals surface area contributed by atoms with E-state index in [1.807, 2.05) is 0 Å². The fourth-order valence-corrected chi connectivity index (χ4v) is 2.29. The van der Waals surface area contributed by atoms with Crippen LogP contribution in [0.15, 0.2) is 24.3 Å². The molecule has 0 radical (unpaired) electrons. The maximum Gasteiger partial charge on any atom is 0.325 e. The molecule has 1 aromatic carbocycles. The van der Waals surface area contributed by atoms with Gasteiger partial charge in [-0.15, -0.1) is 0 Å². The second kappa shape index (κ2) is 6.18. The van der Waals surface area contributed by atoms with E-state index in [-0.39, 0.29) is 6.10 Å². The van der Waals surface area contributed by atoms with Gasteiger partial charge < -0.3 is 9.84 Å². The Balaban J connectivity index is 2.01. The topological polar surface area (TPSA) is 58.6 Å². The Hall–Kier alpha value is -1.10. The molecule has 2 atom stereocenters. The number of ether oxygens (including phenoxy) is 1. The molecule has 1 aromatic rings. The van der Waals surface area contributed by atoms with Crippen LogP contribution in [0, 0.1) is 0 Å². The lowest BCUT2D eigenvalue weighted by Gasteiger charge is -2.17. The van der Waals surface area contributed by atoms with Gasteiger partial charge in [0.05, 0.1) is 6.10 Å². The SMILES string of the molecule is O=C(O)C(NCC1CCCO1)c1cccc(Cl)c1. The first-order chi connectivity index (χ1) is 8.66. The molecule has 0 aromatic heterocycles. The molecule has 0 bridgehead atoms. The number of carboxylic acid groups (broad SMARTS) is 1. The number of rotatable bonds is 5. The Morgan fingerprint density at radius 3 is 3.06 bits per heavy atom. The van der Waals surface area contributed by atoms with Crippen LogP contribution in [0.25, 0.3) is 0 Å². The van der Waals surface area contributed by atoms with Crippen molar-refractivity contribution in [2.75, 3.05) is 13.2 Å². The lowest BCUT2D eigenvalue weighted by atomic mass is 10.1. The van der Waals surface area contributed by atoms with Crippen LogP contribution in [0.4, 0.5) is 0 Å². The molecule has 4 nitrogen and oxygen atoms in total. The van der Waals surface area contributed by atoms with Gasteiger partial charge in [0.15, 0.2) is 0 Å². The number of carbonyl (C=O) groups is 1. The van der Waals surface area contributed by atoms with Crippen LogP contribution in [-0.2, 0) is 9.53 Å². The number of carboxylic acids is 1. The van der Waals surface area contributed by atoms with Crippen LogP contribution in [0.3, 0.4) is 0 Å². The average Bonchev–Trinajstić information content (AvgIpc) is 2.82. The van der Waals surface area contributed by atoms with Crippen molar-refractivity contribution in [2.45, 2.75) is 25.0 Å². The average molecular weight is 270 g/mol. The highest BCUT2D eigenvalue weighted by molar-refractivity contribution is 6.30. The molecule has 98 valence electrons. The zero-order valence-electron chi connectivity index (χ0n) is 9.93. The first kappa shape index (κ1) is 13.3. The molecule has 0 spiro atoms. The second-order valence-electron chi connectivity index (χ2n) is 4.37. The van der Waals surface area contributed by atoms with Crippen molar-refractivity contribution < 1.29 is 14.6 Å². The molecule has 0 aliphatic carbocycles. The predicted octanol–water partition coefficient (Wildman–Crippen LogP) is 2.23. The Kier molecular flexibility index (Phi) is 4.58. The number of halogens is 1. The Morgan fingerprint density at radius 2 is 2.44 bits per heavy atom. The number of benzene rings is 1. The summed E-state index contributed by atoms with van der Waals surface area (Å²) in [5, 5.41) is 12.8. The van der Waals surface area contributed by atoms with E-state index < -0.39 is 12.0 Å². The summed E-state index contributed by atoms with van der Waals surface area (Å²) < 4.78 is 5.46. The highest BCUT2D eigenvalue weighted by atomic mass is 35.5. The summed E-state index contributed by atoms with van der Waals surface area (Å²) in [5.74, 6) is -0.907. The molecule has 1 aliphatic heterocycles. The Labute approximate surface area is 111 Å². The van der Waals surface area contributed by atoms with Crippen LogP contribution in [0.2, 0.25) is 5.02 Å². The smallest absolute Gasteiger partial charge is 0.325 e. The van der Waals surface area contributed by atoms with Gasteiger partial charge in [-0.3, -0.25) is 10.1 Å². The molecule has 1 aliphatic rings. The standard InChI is InChI=1S/C13H16ClNO3/c14-10-4-1-3-9(7-10)12(13(16)17)15-8-11-5-2-6-18-11/h1,3-4,7,11-12,15H,2,5-6,8H2,(H,16,17). The van der Waals surface area contributed by atoms with E-state index in [4.69, 9.17) is 16.3 Å². The maximum absolute atomic E-state index is 11.3. The first-order valence-corrected chi connectivity index (χ1v) is 6.38. The van der Waals surface area contributed by atoms with Gasteiger partial charge in [-0.25, -0.2) is 0 Å².